The molecular weight excluding hydrogens is 390 g/mol. The average molecular weight is 413 g/mol. The van der Waals surface area contributed by atoms with Crippen LogP contribution in [0.2, 0.25) is 0 Å². The highest BCUT2D eigenvalue weighted by atomic mass is 16.2. The van der Waals surface area contributed by atoms with E-state index in [0.29, 0.717) is 11.5 Å². The summed E-state index contributed by atoms with van der Waals surface area (Å²) in [5, 5.41) is 3.22. The Morgan fingerprint density at radius 3 is 2.58 bits per heavy atom. The lowest BCUT2D eigenvalue weighted by molar-refractivity contribution is 0.0664. The molecule has 1 saturated heterocycles. The quantitative estimate of drug-likeness (QED) is 0.554. The number of carbonyl (C=O) groups is 1. The zero-order valence-corrected chi connectivity index (χ0v) is 17.3. The molecule has 4 heterocycles. The number of aromatic nitrogens is 4. The molecule has 156 valence electrons. The number of rotatable bonds is 4. The third-order valence-electron chi connectivity index (χ3n) is 5.51. The summed E-state index contributed by atoms with van der Waals surface area (Å²) in [5.74, 6) is 0.562. The Morgan fingerprint density at radius 2 is 1.77 bits per heavy atom. The molecule has 0 atom stereocenters. The van der Waals surface area contributed by atoms with Crippen LogP contribution >= 0.6 is 0 Å². The molecule has 1 N–H and O–H groups in total. The summed E-state index contributed by atoms with van der Waals surface area (Å²) in [5.41, 5.74) is 4.05. The summed E-state index contributed by atoms with van der Waals surface area (Å²) in [6.07, 6.45) is 5.49. The van der Waals surface area contributed by atoms with Crippen LogP contribution in [0.15, 0.2) is 67.1 Å². The van der Waals surface area contributed by atoms with Gasteiger partial charge in [0.05, 0.1) is 17.6 Å². The van der Waals surface area contributed by atoms with Crippen LogP contribution in [0.1, 0.15) is 10.4 Å². The van der Waals surface area contributed by atoms with E-state index in [4.69, 9.17) is 0 Å². The number of anilines is 2. The molecule has 1 aliphatic rings. The van der Waals surface area contributed by atoms with Crippen LogP contribution in [0.5, 0.6) is 0 Å². The van der Waals surface area contributed by atoms with Gasteiger partial charge in [0, 0.05) is 49.8 Å². The van der Waals surface area contributed by atoms with E-state index in [2.05, 4.69) is 32.2 Å². The molecule has 1 aliphatic heterocycles. The van der Waals surface area contributed by atoms with E-state index < -0.39 is 0 Å². The van der Waals surface area contributed by atoms with E-state index in [-0.39, 0.29) is 5.91 Å². The van der Waals surface area contributed by atoms with Gasteiger partial charge in [0.25, 0.3) is 5.91 Å². The van der Waals surface area contributed by atoms with E-state index in [0.717, 1.165) is 48.9 Å². The highest BCUT2D eigenvalue weighted by molar-refractivity contribution is 5.94. The van der Waals surface area contributed by atoms with Crippen molar-refractivity contribution < 1.29 is 4.79 Å². The van der Waals surface area contributed by atoms with Gasteiger partial charge in [-0.1, -0.05) is 6.07 Å². The van der Waals surface area contributed by atoms with Gasteiger partial charge in [-0.15, -0.1) is 0 Å². The van der Waals surface area contributed by atoms with Crippen molar-refractivity contribution in [2.24, 2.45) is 0 Å². The molecule has 4 aromatic rings. The number of benzene rings is 1. The molecule has 8 heteroatoms. The number of hydrogen-bond donors (Lipinski definition) is 1. The zero-order chi connectivity index (χ0) is 21.2. The van der Waals surface area contributed by atoms with Crippen molar-refractivity contribution in [1.29, 1.82) is 0 Å². The first-order chi connectivity index (χ1) is 15.2. The number of nitrogens with one attached hydrogen (secondary N) is 1. The van der Waals surface area contributed by atoms with Crippen molar-refractivity contribution in [2.75, 3.05) is 38.5 Å². The Balaban J connectivity index is 1.31. The van der Waals surface area contributed by atoms with Gasteiger partial charge < -0.3 is 15.1 Å². The zero-order valence-electron chi connectivity index (χ0n) is 17.3. The molecule has 5 rings (SSSR count). The molecule has 0 aliphatic carbocycles. The average Bonchev–Trinajstić information content (AvgIpc) is 3.24. The third kappa shape index (κ3) is 3.97. The standard InChI is InChI=1S/C23H23N7O/c1-28-12-14-29(15-13-28)22(31)17-5-7-18(8-6-17)26-23-24-10-9-19(27-23)20-16-25-21-4-2-3-11-30(20)21/h2-11,16H,12-15H2,1H3,(H,24,26,27). The Labute approximate surface area is 180 Å². The molecule has 0 bridgehead atoms. The number of hydrogen-bond acceptors (Lipinski definition) is 6. The lowest BCUT2D eigenvalue weighted by Crippen LogP contribution is -2.47. The van der Waals surface area contributed by atoms with Gasteiger partial charge >= 0.3 is 0 Å². The van der Waals surface area contributed by atoms with Crippen LogP contribution in [0.4, 0.5) is 11.6 Å². The summed E-state index contributed by atoms with van der Waals surface area (Å²) in [4.78, 5) is 30.2. The largest absolute Gasteiger partial charge is 0.336 e. The molecule has 0 unspecified atom stereocenters. The van der Waals surface area contributed by atoms with Crippen molar-refractivity contribution >= 4 is 23.2 Å². The number of imidazole rings is 1. The van der Waals surface area contributed by atoms with Crippen LogP contribution in [0.25, 0.3) is 17.0 Å². The Bertz CT molecular complexity index is 1210. The summed E-state index contributed by atoms with van der Waals surface area (Å²) in [6.45, 7) is 3.34. The van der Waals surface area contributed by atoms with Crippen LogP contribution in [-0.2, 0) is 0 Å². The molecule has 1 aromatic carbocycles. The monoisotopic (exact) mass is 413 g/mol. The highest BCUT2D eigenvalue weighted by Gasteiger charge is 2.20. The van der Waals surface area contributed by atoms with Gasteiger partial charge in [0.2, 0.25) is 5.95 Å². The van der Waals surface area contributed by atoms with E-state index in [1.807, 2.05) is 64.0 Å². The number of nitrogens with zero attached hydrogens (tertiary/aromatic N) is 6. The molecule has 0 saturated carbocycles. The number of fused-ring (bicyclic) bond motifs is 1. The number of amides is 1. The van der Waals surface area contributed by atoms with Gasteiger partial charge in [-0.3, -0.25) is 9.20 Å². The Morgan fingerprint density at radius 1 is 0.968 bits per heavy atom. The van der Waals surface area contributed by atoms with E-state index in [9.17, 15) is 4.79 Å². The fourth-order valence-electron chi connectivity index (χ4n) is 3.70. The third-order valence-corrected chi connectivity index (χ3v) is 5.51. The maximum absolute atomic E-state index is 12.7. The van der Waals surface area contributed by atoms with E-state index >= 15 is 0 Å². The number of likely N-dealkylation sites (N-methyl/N-ethyl adjacent to an activating group) is 1. The predicted molar refractivity (Wildman–Crippen MR) is 119 cm³/mol. The number of piperazine rings is 1. The minimum absolute atomic E-state index is 0.0745. The minimum atomic E-state index is 0.0745. The van der Waals surface area contributed by atoms with Crippen molar-refractivity contribution in [1.82, 2.24) is 29.2 Å². The summed E-state index contributed by atoms with van der Waals surface area (Å²) < 4.78 is 1.99. The Kier molecular flexibility index (Phi) is 5.05. The van der Waals surface area contributed by atoms with Crippen LogP contribution in [-0.4, -0.2) is 68.3 Å². The second kappa shape index (κ2) is 8.16. The van der Waals surface area contributed by atoms with Crippen molar-refractivity contribution in [3.63, 3.8) is 0 Å². The maximum Gasteiger partial charge on any atom is 0.253 e. The first kappa shape index (κ1) is 19.2. The minimum Gasteiger partial charge on any atom is -0.336 e. The van der Waals surface area contributed by atoms with Crippen LogP contribution in [0, 0.1) is 0 Å². The molecule has 0 radical (unpaired) electrons. The first-order valence-electron chi connectivity index (χ1n) is 10.3. The lowest BCUT2D eigenvalue weighted by atomic mass is 10.1. The normalized spacial score (nSPS) is 14.7. The molecule has 8 nitrogen and oxygen atoms in total. The topological polar surface area (TPSA) is 78.7 Å². The van der Waals surface area contributed by atoms with Gasteiger partial charge in [0.15, 0.2) is 0 Å². The lowest BCUT2D eigenvalue weighted by Gasteiger charge is -2.32. The fraction of sp³-hybridized carbons (Fsp3) is 0.217. The maximum atomic E-state index is 12.7. The summed E-state index contributed by atoms with van der Waals surface area (Å²) >= 11 is 0. The SMILES string of the molecule is CN1CCN(C(=O)c2ccc(Nc3nccc(-c4cnc5ccccn45)n3)cc2)CC1. The van der Waals surface area contributed by atoms with Gasteiger partial charge in [0.1, 0.15) is 5.65 Å². The van der Waals surface area contributed by atoms with Crippen LogP contribution in [0.3, 0.4) is 0 Å². The molecular formula is C23H23N7O. The summed E-state index contributed by atoms with van der Waals surface area (Å²) in [7, 11) is 2.08. The molecule has 1 fully saturated rings. The van der Waals surface area contributed by atoms with Gasteiger partial charge in [-0.2, -0.15) is 0 Å². The Hall–Kier alpha value is -3.78. The molecule has 31 heavy (non-hydrogen) atoms. The molecule has 3 aromatic heterocycles. The van der Waals surface area contributed by atoms with Crippen molar-refractivity contribution in [2.45, 2.75) is 0 Å². The number of carbonyl (C=O) groups excluding carboxylic acids is 1. The number of pyridine rings is 1. The first-order valence-corrected chi connectivity index (χ1v) is 10.3. The molecule has 1 amide bonds. The van der Waals surface area contributed by atoms with Crippen molar-refractivity contribution in [3.8, 4) is 11.4 Å². The van der Waals surface area contributed by atoms with Crippen LogP contribution < -0.4 is 5.32 Å². The van der Waals surface area contributed by atoms with Crippen molar-refractivity contribution in [3.05, 3.63) is 72.7 Å². The van der Waals surface area contributed by atoms with Gasteiger partial charge in [-0.05, 0) is 49.5 Å². The second-order valence-electron chi connectivity index (χ2n) is 7.64. The van der Waals surface area contributed by atoms with E-state index in [1.165, 1.54) is 0 Å². The smallest absolute Gasteiger partial charge is 0.253 e. The van der Waals surface area contributed by atoms with Gasteiger partial charge in [-0.25, -0.2) is 15.0 Å². The summed E-state index contributed by atoms with van der Waals surface area (Å²) in [6, 6.07) is 15.2. The highest BCUT2D eigenvalue weighted by Crippen LogP contribution is 2.21. The fourth-order valence-corrected chi connectivity index (χ4v) is 3.70. The van der Waals surface area contributed by atoms with E-state index in [1.54, 1.807) is 12.4 Å². The predicted octanol–water partition coefficient (Wildman–Crippen LogP) is 2.92. The molecule has 0 spiro atoms. The second-order valence-corrected chi connectivity index (χ2v) is 7.64.